The Morgan fingerprint density at radius 1 is 1.33 bits per heavy atom. The van der Waals surface area contributed by atoms with Crippen molar-refractivity contribution in [2.75, 3.05) is 6.54 Å². The van der Waals surface area contributed by atoms with E-state index < -0.39 is 5.97 Å². The first-order valence-corrected chi connectivity index (χ1v) is 7.19. The number of hydrogen-bond acceptors (Lipinski definition) is 3. The second kappa shape index (κ2) is 6.56. The molecule has 1 fully saturated rings. The van der Waals surface area contributed by atoms with Gasteiger partial charge >= 0.3 is 5.97 Å². The lowest BCUT2D eigenvalue weighted by Gasteiger charge is -2.36. The van der Waals surface area contributed by atoms with Gasteiger partial charge in [0.15, 0.2) is 0 Å². The quantitative estimate of drug-likeness (QED) is 0.905. The molecule has 1 amide bonds. The van der Waals surface area contributed by atoms with E-state index in [1.807, 2.05) is 0 Å². The molecule has 1 aliphatic heterocycles. The van der Waals surface area contributed by atoms with Gasteiger partial charge < -0.3 is 14.6 Å². The average Bonchev–Trinajstić information content (AvgIpc) is 2.47. The van der Waals surface area contributed by atoms with Crippen LogP contribution in [0.25, 0.3) is 0 Å². The largest absolute Gasteiger partial charge is 0.481 e. The van der Waals surface area contributed by atoms with Gasteiger partial charge in [-0.1, -0.05) is 6.07 Å². The zero-order chi connectivity index (χ0) is 15.4. The van der Waals surface area contributed by atoms with Gasteiger partial charge in [0, 0.05) is 32.1 Å². The van der Waals surface area contributed by atoms with E-state index >= 15 is 0 Å². The summed E-state index contributed by atoms with van der Waals surface area (Å²) >= 11 is 0. The minimum atomic E-state index is -0.847. The van der Waals surface area contributed by atoms with Crippen molar-refractivity contribution in [3.63, 3.8) is 0 Å². The third-order valence-electron chi connectivity index (χ3n) is 3.98. The van der Waals surface area contributed by atoms with Crippen molar-refractivity contribution in [2.45, 2.75) is 38.1 Å². The summed E-state index contributed by atoms with van der Waals surface area (Å²) in [5, 5.41) is 8.82. The van der Waals surface area contributed by atoms with Crippen molar-refractivity contribution >= 4 is 11.9 Å². The minimum absolute atomic E-state index is 0.0577. The van der Waals surface area contributed by atoms with Crippen molar-refractivity contribution in [1.82, 2.24) is 9.47 Å². The van der Waals surface area contributed by atoms with Gasteiger partial charge in [-0.15, -0.1) is 0 Å². The molecule has 0 saturated carbocycles. The van der Waals surface area contributed by atoms with Crippen LogP contribution in [0.4, 0.5) is 0 Å². The summed E-state index contributed by atoms with van der Waals surface area (Å²) in [5.41, 5.74) is 0.129. The van der Waals surface area contributed by atoms with Gasteiger partial charge in [-0.2, -0.15) is 0 Å². The Bertz CT molecular complexity index is 594. The number of likely N-dealkylation sites (tertiary alicyclic amines) is 1. The van der Waals surface area contributed by atoms with Gasteiger partial charge in [0.2, 0.25) is 0 Å². The van der Waals surface area contributed by atoms with Gasteiger partial charge in [0.05, 0.1) is 0 Å². The highest BCUT2D eigenvalue weighted by Crippen LogP contribution is 2.22. The number of carboxylic acid groups (broad SMARTS) is 1. The molecule has 1 aromatic heterocycles. The lowest BCUT2D eigenvalue weighted by atomic mass is 9.97. The van der Waals surface area contributed by atoms with Crippen LogP contribution in [-0.2, 0) is 11.8 Å². The lowest BCUT2D eigenvalue weighted by Crippen LogP contribution is -2.45. The van der Waals surface area contributed by atoms with E-state index in [-0.39, 0.29) is 23.9 Å². The predicted molar refractivity (Wildman–Crippen MR) is 77.2 cm³/mol. The number of aliphatic carboxylic acids is 1. The Balaban J connectivity index is 2.20. The van der Waals surface area contributed by atoms with E-state index in [1.54, 1.807) is 24.1 Å². The maximum atomic E-state index is 12.6. The lowest BCUT2D eigenvalue weighted by molar-refractivity contribution is -0.137. The molecule has 1 saturated heterocycles. The van der Waals surface area contributed by atoms with Crippen molar-refractivity contribution in [2.24, 2.45) is 7.05 Å². The number of carboxylic acids is 1. The van der Waals surface area contributed by atoms with Crippen LogP contribution in [0.1, 0.15) is 42.6 Å². The molecular weight excluding hydrogens is 272 g/mol. The van der Waals surface area contributed by atoms with Crippen LogP contribution in [-0.4, -0.2) is 39.0 Å². The summed E-state index contributed by atoms with van der Waals surface area (Å²) in [5.74, 6) is -1.04. The van der Waals surface area contributed by atoms with Gasteiger partial charge in [-0.25, -0.2) is 0 Å². The average molecular weight is 292 g/mol. The fraction of sp³-hybridized carbons (Fsp3) is 0.533. The van der Waals surface area contributed by atoms with Crippen molar-refractivity contribution in [3.8, 4) is 0 Å². The number of carbonyl (C=O) groups is 2. The molecule has 0 bridgehead atoms. The van der Waals surface area contributed by atoms with Gasteiger partial charge in [0.1, 0.15) is 5.69 Å². The normalized spacial score (nSPS) is 18.5. The van der Waals surface area contributed by atoms with Crippen LogP contribution < -0.4 is 5.56 Å². The van der Waals surface area contributed by atoms with Crippen molar-refractivity contribution < 1.29 is 14.7 Å². The molecule has 1 N–H and O–H groups in total. The van der Waals surface area contributed by atoms with Gasteiger partial charge in [-0.3, -0.25) is 14.4 Å². The predicted octanol–water partition coefficient (Wildman–Crippen LogP) is 1.24. The van der Waals surface area contributed by atoms with Crippen molar-refractivity contribution in [1.29, 1.82) is 0 Å². The first-order chi connectivity index (χ1) is 10.0. The number of nitrogens with zero attached hydrogens (tertiary/aromatic N) is 2. The third kappa shape index (κ3) is 3.51. The Hall–Kier alpha value is -2.11. The second-order valence-corrected chi connectivity index (χ2v) is 5.39. The van der Waals surface area contributed by atoms with E-state index in [0.717, 1.165) is 19.3 Å². The summed E-state index contributed by atoms with van der Waals surface area (Å²) < 4.78 is 1.34. The Kier molecular flexibility index (Phi) is 4.77. The summed E-state index contributed by atoms with van der Waals surface area (Å²) in [4.78, 5) is 36.7. The monoisotopic (exact) mass is 292 g/mol. The topological polar surface area (TPSA) is 79.6 Å². The molecule has 2 rings (SSSR count). The van der Waals surface area contributed by atoms with E-state index in [9.17, 15) is 14.4 Å². The van der Waals surface area contributed by atoms with E-state index in [0.29, 0.717) is 18.7 Å². The zero-order valence-electron chi connectivity index (χ0n) is 12.1. The van der Waals surface area contributed by atoms with Gasteiger partial charge in [0.25, 0.3) is 11.5 Å². The molecule has 6 heteroatoms. The second-order valence-electron chi connectivity index (χ2n) is 5.39. The molecule has 0 aromatic carbocycles. The molecular formula is C15H20N2O4. The molecule has 0 spiro atoms. The summed E-state index contributed by atoms with van der Waals surface area (Å²) in [6.45, 7) is 0.617. The summed E-state index contributed by atoms with van der Waals surface area (Å²) in [7, 11) is 1.58. The summed E-state index contributed by atoms with van der Waals surface area (Å²) in [6, 6.07) is 4.56. The fourth-order valence-corrected chi connectivity index (χ4v) is 2.78. The molecule has 2 heterocycles. The molecule has 0 radical (unpaired) electrons. The van der Waals surface area contributed by atoms with E-state index in [1.165, 1.54) is 10.6 Å². The third-order valence-corrected chi connectivity index (χ3v) is 3.98. The maximum absolute atomic E-state index is 12.6. The first kappa shape index (κ1) is 15.3. The Labute approximate surface area is 123 Å². The number of piperidine rings is 1. The first-order valence-electron chi connectivity index (χ1n) is 7.19. The highest BCUT2D eigenvalue weighted by atomic mass is 16.4. The van der Waals surface area contributed by atoms with E-state index in [4.69, 9.17) is 5.11 Å². The molecule has 114 valence electrons. The Morgan fingerprint density at radius 3 is 2.81 bits per heavy atom. The molecule has 1 aliphatic rings. The van der Waals surface area contributed by atoms with Crippen LogP contribution in [0.15, 0.2) is 23.0 Å². The SMILES string of the molecule is Cn1c(C(=O)N2CCCCC2CCC(=O)O)cccc1=O. The van der Waals surface area contributed by atoms with Crippen LogP contribution in [0.5, 0.6) is 0 Å². The maximum Gasteiger partial charge on any atom is 0.303 e. The Morgan fingerprint density at radius 2 is 2.10 bits per heavy atom. The molecule has 21 heavy (non-hydrogen) atoms. The molecule has 6 nitrogen and oxygen atoms in total. The number of carbonyl (C=O) groups excluding carboxylic acids is 1. The number of amides is 1. The molecule has 0 aliphatic carbocycles. The van der Waals surface area contributed by atoms with Crippen LogP contribution in [0.3, 0.4) is 0 Å². The highest BCUT2D eigenvalue weighted by molar-refractivity contribution is 5.92. The highest BCUT2D eigenvalue weighted by Gasteiger charge is 2.28. The van der Waals surface area contributed by atoms with Crippen LogP contribution >= 0.6 is 0 Å². The van der Waals surface area contributed by atoms with E-state index in [2.05, 4.69) is 0 Å². The minimum Gasteiger partial charge on any atom is -0.481 e. The molecule has 1 atom stereocenters. The molecule has 1 aromatic rings. The fourth-order valence-electron chi connectivity index (χ4n) is 2.78. The molecule has 1 unspecified atom stereocenters. The number of aromatic nitrogens is 1. The smallest absolute Gasteiger partial charge is 0.303 e. The van der Waals surface area contributed by atoms with Crippen LogP contribution in [0, 0.1) is 0 Å². The standard InChI is InChI=1S/C15H20N2O4/c1-16-12(6-4-7-13(16)18)15(21)17-10-3-2-5-11(17)8-9-14(19)20/h4,6-7,11H,2-3,5,8-10H2,1H3,(H,19,20). The summed E-state index contributed by atoms with van der Waals surface area (Å²) in [6.07, 6.45) is 3.25. The number of rotatable bonds is 4. The van der Waals surface area contributed by atoms with Gasteiger partial charge in [-0.05, 0) is 31.7 Å². The number of pyridine rings is 1. The van der Waals surface area contributed by atoms with Crippen LogP contribution in [0.2, 0.25) is 0 Å². The van der Waals surface area contributed by atoms with Crippen molar-refractivity contribution in [3.05, 3.63) is 34.2 Å². The number of hydrogen-bond donors (Lipinski definition) is 1. The zero-order valence-corrected chi connectivity index (χ0v) is 12.1.